The normalized spacial score (nSPS) is 17.9. The number of hydrogen-bond donors (Lipinski definition) is 3. The van der Waals surface area contributed by atoms with Crippen molar-refractivity contribution in [3.8, 4) is 0 Å². The molecule has 0 aromatic carbocycles. The van der Waals surface area contributed by atoms with Crippen LogP contribution >= 0.6 is 0 Å². The Labute approximate surface area is 101 Å². The van der Waals surface area contributed by atoms with Crippen molar-refractivity contribution in [3.63, 3.8) is 0 Å². The smallest absolute Gasteiger partial charge is 0.223 e. The molecule has 0 saturated carbocycles. The maximum absolute atomic E-state index is 5.84. The highest BCUT2D eigenvalue weighted by Gasteiger charge is 2.15. The number of rotatable bonds is 2. The predicted octanol–water partition coefficient (Wildman–Crippen LogP) is 0.599. The van der Waals surface area contributed by atoms with Gasteiger partial charge in [-0.2, -0.15) is 9.97 Å². The minimum Gasteiger partial charge on any atom is -0.383 e. The third kappa shape index (κ3) is 2.97. The quantitative estimate of drug-likeness (QED) is 0.694. The van der Waals surface area contributed by atoms with Crippen molar-refractivity contribution in [3.05, 3.63) is 5.56 Å². The molecule has 1 aromatic heterocycles. The van der Waals surface area contributed by atoms with Crippen LogP contribution in [0.1, 0.15) is 31.2 Å². The Morgan fingerprint density at radius 1 is 0.882 bits per heavy atom. The molecule has 2 rings (SSSR count). The Hall–Kier alpha value is -1.56. The molecule has 1 saturated heterocycles. The van der Waals surface area contributed by atoms with Crippen LogP contribution in [-0.4, -0.2) is 28.0 Å². The first kappa shape index (κ1) is 11.9. The fourth-order valence-electron chi connectivity index (χ4n) is 2.22. The maximum Gasteiger partial charge on any atom is 0.223 e. The summed E-state index contributed by atoms with van der Waals surface area (Å²) >= 11 is 0. The lowest BCUT2D eigenvalue weighted by Crippen LogP contribution is -2.25. The zero-order valence-corrected chi connectivity index (χ0v) is 10.0. The number of aromatic nitrogens is 2. The SMILES string of the molecule is Nc1nc(N)c(CN2CCCCCC2)c(N)n1. The highest BCUT2D eigenvalue weighted by molar-refractivity contribution is 5.55. The van der Waals surface area contributed by atoms with Crippen LogP contribution in [0.25, 0.3) is 0 Å². The highest BCUT2D eigenvalue weighted by atomic mass is 15.1. The molecule has 0 atom stereocenters. The molecule has 0 amide bonds. The zero-order chi connectivity index (χ0) is 12.3. The summed E-state index contributed by atoms with van der Waals surface area (Å²) < 4.78 is 0. The van der Waals surface area contributed by atoms with Crippen molar-refractivity contribution in [2.75, 3.05) is 30.3 Å². The van der Waals surface area contributed by atoms with E-state index >= 15 is 0 Å². The molecule has 1 aliphatic rings. The monoisotopic (exact) mass is 236 g/mol. The van der Waals surface area contributed by atoms with E-state index in [0.29, 0.717) is 11.6 Å². The third-order valence-corrected chi connectivity index (χ3v) is 3.17. The van der Waals surface area contributed by atoms with Gasteiger partial charge in [0.2, 0.25) is 5.95 Å². The van der Waals surface area contributed by atoms with Crippen molar-refractivity contribution in [1.29, 1.82) is 0 Å². The van der Waals surface area contributed by atoms with Gasteiger partial charge < -0.3 is 17.2 Å². The average Bonchev–Trinajstić information content (AvgIpc) is 2.51. The second-order valence-corrected chi connectivity index (χ2v) is 4.52. The molecule has 0 radical (unpaired) electrons. The van der Waals surface area contributed by atoms with Gasteiger partial charge in [0.1, 0.15) is 11.6 Å². The molecule has 0 aliphatic carbocycles. The van der Waals surface area contributed by atoms with E-state index in [2.05, 4.69) is 14.9 Å². The number of likely N-dealkylation sites (tertiary alicyclic amines) is 1. The van der Waals surface area contributed by atoms with Crippen molar-refractivity contribution < 1.29 is 0 Å². The van der Waals surface area contributed by atoms with Gasteiger partial charge in [-0.25, -0.2) is 0 Å². The van der Waals surface area contributed by atoms with Crippen LogP contribution in [0, 0.1) is 0 Å². The maximum atomic E-state index is 5.84. The van der Waals surface area contributed by atoms with E-state index in [4.69, 9.17) is 17.2 Å². The Morgan fingerprint density at radius 3 is 1.94 bits per heavy atom. The minimum absolute atomic E-state index is 0.139. The number of nitrogens with two attached hydrogens (primary N) is 3. The van der Waals surface area contributed by atoms with E-state index in [1.54, 1.807) is 0 Å². The fraction of sp³-hybridized carbons (Fsp3) is 0.636. The van der Waals surface area contributed by atoms with Gasteiger partial charge in [-0.05, 0) is 25.9 Å². The Morgan fingerprint density at radius 2 is 1.41 bits per heavy atom. The molecule has 94 valence electrons. The summed E-state index contributed by atoms with van der Waals surface area (Å²) in [7, 11) is 0. The molecule has 1 fully saturated rings. The third-order valence-electron chi connectivity index (χ3n) is 3.17. The van der Waals surface area contributed by atoms with Crippen molar-refractivity contribution in [1.82, 2.24) is 14.9 Å². The van der Waals surface area contributed by atoms with Gasteiger partial charge in [0.15, 0.2) is 0 Å². The summed E-state index contributed by atoms with van der Waals surface area (Å²) in [6.45, 7) is 2.89. The summed E-state index contributed by atoms with van der Waals surface area (Å²) in [5, 5.41) is 0. The first-order valence-corrected chi connectivity index (χ1v) is 6.06. The lowest BCUT2D eigenvalue weighted by atomic mass is 10.2. The molecule has 6 N–H and O–H groups in total. The Bertz CT molecular complexity index is 361. The van der Waals surface area contributed by atoms with Crippen LogP contribution in [0.4, 0.5) is 17.6 Å². The summed E-state index contributed by atoms with van der Waals surface area (Å²) in [6.07, 6.45) is 5.07. The van der Waals surface area contributed by atoms with Crippen LogP contribution in [0.15, 0.2) is 0 Å². The van der Waals surface area contributed by atoms with Crippen LogP contribution in [0.2, 0.25) is 0 Å². The number of nitrogens with zero attached hydrogens (tertiary/aromatic N) is 3. The van der Waals surface area contributed by atoms with Gasteiger partial charge in [0.25, 0.3) is 0 Å². The number of hydrogen-bond acceptors (Lipinski definition) is 6. The first-order valence-electron chi connectivity index (χ1n) is 6.06. The molecule has 1 aromatic rings. The van der Waals surface area contributed by atoms with Gasteiger partial charge >= 0.3 is 0 Å². The average molecular weight is 236 g/mol. The summed E-state index contributed by atoms with van der Waals surface area (Å²) in [4.78, 5) is 10.3. The molecule has 1 aliphatic heterocycles. The second kappa shape index (κ2) is 5.18. The van der Waals surface area contributed by atoms with E-state index in [1.807, 2.05) is 0 Å². The minimum atomic E-state index is 0.139. The molecular formula is C11H20N6. The summed E-state index contributed by atoms with van der Waals surface area (Å²) in [5.41, 5.74) is 18.0. The molecular weight excluding hydrogens is 216 g/mol. The lowest BCUT2D eigenvalue weighted by Gasteiger charge is -2.21. The van der Waals surface area contributed by atoms with E-state index < -0.39 is 0 Å². The molecule has 6 nitrogen and oxygen atoms in total. The van der Waals surface area contributed by atoms with Crippen molar-refractivity contribution in [2.24, 2.45) is 0 Å². The van der Waals surface area contributed by atoms with E-state index in [0.717, 1.165) is 25.2 Å². The predicted molar refractivity (Wildman–Crippen MR) is 69.0 cm³/mol. The van der Waals surface area contributed by atoms with Gasteiger partial charge in [0, 0.05) is 6.54 Å². The van der Waals surface area contributed by atoms with Gasteiger partial charge in [-0.15, -0.1) is 0 Å². The largest absolute Gasteiger partial charge is 0.383 e. The van der Waals surface area contributed by atoms with E-state index in [1.165, 1.54) is 25.7 Å². The standard InChI is InChI=1S/C11H20N6/c12-9-8(10(13)16-11(14)15-9)7-17-5-3-1-2-4-6-17/h1-7H2,(H6,12,13,14,15,16). The summed E-state index contributed by atoms with van der Waals surface area (Å²) in [6, 6.07) is 0. The van der Waals surface area contributed by atoms with E-state index in [-0.39, 0.29) is 5.95 Å². The second-order valence-electron chi connectivity index (χ2n) is 4.52. The van der Waals surface area contributed by atoms with Crippen LogP contribution < -0.4 is 17.2 Å². The van der Waals surface area contributed by atoms with Crippen LogP contribution in [-0.2, 0) is 6.54 Å². The topological polar surface area (TPSA) is 107 Å². The number of anilines is 3. The van der Waals surface area contributed by atoms with Crippen LogP contribution in [0.5, 0.6) is 0 Å². The van der Waals surface area contributed by atoms with Crippen molar-refractivity contribution >= 4 is 17.6 Å². The molecule has 0 unspecified atom stereocenters. The Kier molecular flexibility index (Phi) is 3.63. The lowest BCUT2D eigenvalue weighted by molar-refractivity contribution is 0.277. The van der Waals surface area contributed by atoms with Gasteiger partial charge in [-0.1, -0.05) is 12.8 Å². The number of nitrogen functional groups attached to an aromatic ring is 3. The fourth-order valence-corrected chi connectivity index (χ4v) is 2.22. The van der Waals surface area contributed by atoms with E-state index in [9.17, 15) is 0 Å². The Balaban J connectivity index is 2.11. The first-order chi connectivity index (χ1) is 8.16. The van der Waals surface area contributed by atoms with Crippen molar-refractivity contribution in [2.45, 2.75) is 32.2 Å². The molecule has 2 heterocycles. The molecule has 17 heavy (non-hydrogen) atoms. The van der Waals surface area contributed by atoms with Crippen LogP contribution in [0.3, 0.4) is 0 Å². The highest BCUT2D eigenvalue weighted by Crippen LogP contribution is 2.20. The molecule has 0 bridgehead atoms. The van der Waals surface area contributed by atoms with Gasteiger partial charge in [-0.3, -0.25) is 4.90 Å². The zero-order valence-electron chi connectivity index (χ0n) is 10.0. The molecule has 0 spiro atoms. The summed E-state index contributed by atoms with van der Waals surface area (Å²) in [5.74, 6) is 0.943. The molecule has 6 heteroatoms. The van der Waals surface area contributed by atoms with Gasteiger partial charge in [0.05, 0.1) is 5.56 Å².